The number of ether oxygens (including phenoxy) is 2. The van der Waals surface area contributed by atoms with Crippen molar-refractivity contribution < 1.29 is 19.4 Å². The fourth-order valence-electron chi connectivity index (χ4n) is 6.02. The summed E-state index contributed by atoms with van der Waals surface area (Å²) in [4.78, 5) is 18.6. The molecule has 2 heterocycles. The van der Waals surface area contributed by atoms with E-state index in [-0.39, 0.29) is 18.3 Å². The summed E-state index contributed by atoms with van der Waals surface area (Å²) in [6.07, 6.45) is 6.40. The zero-order valence-electron chi connectivity index (χ0n) is 15.8. The Kier molecular flexibility index (Phi) is 4.20. The summed E-state index contributed by atoms with van der Waals surface area (Å²) in [5.74, 6) is 1.60. The summed E-state index contributed by atoms with van der Waals surface area (Å²) in [7, 11) is 0. The van der Waals surface area contributed by atoms with Crippen molar-refractivity contribution in [3.8, 4) is 11.9 Å². The van der Waals surface area contributed by atoms with Gasteiger partial charge < -0.3 is 19.5 Å². The monoisotopic (exact) mass is 383 g/mol. The van der Waals surface area contributed by atoms with Crippen LogP contribution in [0.15, 0.2) is 18.3 Å². The summed E-state index contributed by atoms with van der Waals surface area (Å²) in [5.41, 5.74) is -0.0143. The lowest BCUT2D eigenvalue weighted by molar-refractivity contribution is -0.177. The molecular weight excluding hydrogens is 358 g/mol. The number of hydrogen-bond acceptors (Lipinski definition) is 6. The molecule has 1 N–H and O–H groups in total. The van der Waals surface area contributed by atoms with Gasteiger partial charge in [-0.3, -0.25) is 0 Å². The first kappa shape index (κ1) is 17.7. The van der Waals surface area contributed by atoms with Crippen LogP contribution in [0.25, 0.3) is 0 Å². The van der Waals surface area contributed by atoms with Gasteiger partial charge in [0.25, 0.3) is 0 Å². The van der Waals surface area contributed by atoms with E-state index in [0.29, 0.717) is 48.7 Å². The van der Waals surface area contributed by atoms with Crippen LogP contribution in [-0.2, 0) is 4.74 Å². The highest BCUT2D eigenvalue weighted by Crippen LogP contribution is 2.56. The van der Waals surface area contributed by atoms with Crippen LogP contribution >= 0.6 is 0 Å². The molecule has 28 heavy (non-hydrogen) atoms. The van der Waals surface area contributed by atoms with Crippen LogP contribution in [-0.4, -0.2) is 52.0 Å². The first-order chi connectivity index (χ1) is 13.5. The SMILES string of the molecule is N#Cc1ccnc(OC2CCN(C(=O)OC3C4CC5CC3CC(O)(C5)C4)C2)c1. The zero-order chi connectivity index (χ0) is 19.3. The van der Waals surface area contributed by atoms with Gasteiger partial charge in [0.05, 0.1) is 23.8 Å². The van der Waals surface area contributed by atoms with Crippen molar-refractivity contribution in [2.45, 2.75) is 56.3 Å². The highest BCUT2D eigenvalue weighted by Gasteiger charge is 2.56. The average molecular weight is 383 g/mol. The quantitative estimate of drug-likeness (QED) is 0.861. The van der Waals surface area contributed by atoms with Crippen molar-refractivity contribution in [2.24, 2.45) is 17.8 Å². The third kappa shape index (κ3) is 3.20. The van der Waals surface area contributed by atoms with Gasteiger partial charge in [-0.25, -0.2) is 9.78 Å². The number of nitriles is 1. The third-order valence-corrected chi connectivity index (χ3v) is 6.95. The molecule has 4 aliphatic carbocycles. The van der Waals surface area contributed by atoms with E-state index in [1.54, 1.807) is 23.2 Å². The topological polar surface area (TPSA) is 95.7 Å². The molecular formula is C21H25N3O4. The molecule has 4 saturated carbocycles. The smallest absolute Gasteiger partial charge is 0.410 e. The normalized spacial score (nSPS) is 38.3. The Hall–Kier alpha value is -2.33. The highest BCUT2D eigenvalue weighted by molar-refractivity contribution is 5.68. The van der Waals surface area contributed by atoms with E-state index in [1.807, 2.05) is 0 Å². The molecule has 0 spiro atoms. The Morgan fingerprint density at radius 1 is 1.32 bits per heavy atom. The Bertz CT molecular complexity index is 806. The lowest BCUT2D eigenvalue weighted by Gasteiger charge is -2.57. The lowest BCUT2D eigenvalue weighted by Crippen LogP contribution is -2.58. The third-order valence-electron chi connectivity index (χ3n) is 6.95. The van der Waals surface area contributed by atoms with E-state index < -0.39 is 5.60 Å². The fourth-order valence-corrected chi connectivity index (χ4v) is 6.02. The Morgan fingerprint density at radius 3 is 2.82 bits per heavy atom. The maximum absolute atomic E-state index is 12.7. The Labute approximate surface area is 164 Å². The molecule has 1 aliphatic heterocycles. The molecule has 5 fully saturated rings. The van der Waals surface area contributed by atoms with Gasteiger partial charge in [0.2, 0.25) is 5.88 Å². The molecule has 3 unspecified atom stereocenters. The molecule has 1 aromatic heterocycles. The Morgan fingerprint density at radius 2 is 2.11 bits per heavy atom. The molecule has 6 rings (SSSR count). The number of aliphatic hydroxyl groups is 1. The van der Waals surface area contributed by atoms with Crippen LogP contribution in [0, 0.1) is 29.1 Å². The second kappa shape index (κ2) is 6.63. The van der Waals surface area contributed by atoms with Crippen LogP contribution in [0.3, 0.4) is 0 Å². The number of carbonyl (C=O) groups excluding carboxylic acids is 1. The first-order valence-electron chi connectivity index (χ1n) is 10.2. The molecule has 0 radical (unpaired) electrons. The number of pyridine rings is 1. The van der Waals surface area contributed by atoms with E-state index in [9.17, 15) is 9.90 Å². The van der Waals surface area contributed by atoms with Crippen molar-refractivity contribution in [3.63, 3.8) is 0 Å². The van der Waals surface area contributed by atoms with Crippen LogP contribution in [0.2, 0.25) is 0 Å². The summed E-state index contributed by atoms with van der Waals surface area (Å²) in [6, 6.07) is 5.31. The number of amides is 1. The number of carbonyl (C=O) groups is 1. The molecule has 7 nitrogen and oxygen atoms in total. The zero-order valence-corrected chi connectivity index (χ0v) is 15.8. The van der Waals surface area contributed by atoms with E-state index in [1.165, 1.54) is 0 Å². The molecule has 7 heteroatoms. The van der Waals surface area contributed by atoms with Crippen molar-refractivity contribution in [3.05, 3.63) is 23.9 Å². The number of nitrogens with zero attached hydrogens (tertiary/aromatic N) is 3. The molecule has 5 aliphatic rings. The minimum absolute atomic E-state index is 0.0572. The van der Waals surface area contributed by atoms with Crippen molar-refractivity contribution >= 4 is 6.09 Å². The molecule has 1 aromatic rings. The minimum atomic E-state index is -0.517. The lowest BCUT2D eigenvalue weighted by atomic mass is 9.53. The summed E-state index contributed by atoms with van der Waals surface area (Å²) in [6.45, 7) is 1.06. The summed E-state index contributed by atoms with van der Waals surface area (Å²) < 4.78 is 11.8. The molecule has 4 bridgehead atoms. The van der Waals surface area contributed by atoms with E-state index >= 15 is 0 Å². The standard InChI is InChI=1S/C21H25N3O4/c22-11-13-1-3-23-18(7-13)27-17-2-4-24(12-17)20(25)28-19-15-5-14-6-16(19)10-21(26,8-14)9-15/h1,3,7,14-17,19,26H,2,4-6,8-10,12H2. The van der Waals surface area contributed by atoms with Crippen molar-refractivity contribution in [1.82, 2.24) is 9.88 Å². The van der Waals surface area contributed by atoms with Crippen molar-refractivity contribution in [1.29, 1.82) is 5.26 Å². The minimum Gasteiger partial charge on any atom is -0.472 e. The van der Waals surface area contributed by atoms with Gasteiger partial charge in [0.15, 0.2) is 0 Å². The number of likely N-dealkylation sites (tertiary alicyclic amines) is 1. The molecule has 3 atom stereocenters. The van der Waals surface area contributed by atoms with Crippen LogP contribution in [0.5, 0.6) is 5.88 Å². The largest absolute Gasteiger partial charge is 0.472 e. The average Bonchev–Trinajstić information content (AvgIpc) is 3.12. The van der Waals surface area contributed by atoms with Gasteiger partial charge in [0, 0.05) is 25.2 Å². The van der Waals surface area contributed by atoms with Crippen molar-refractivity contribution in [2.75, 3.05) is 13.1 Å². The fraction of sp³-hybridized carbons (Fsp3) is 0.667. The van der Waals surface area contributed by atoms with Gasteiger partial charge in [-0.2, -0.15) is 5.26 Å². The van der Waals surface area contributed by atoms with E-state index in [0.717, 1.165) is 32.1 Å². The van der Waals surface area contributed by atoms with E-state index in [2.05, 4.69) is 11.1 Å². The summed E-state index contributed by atoms with van der Waals surface area (Å²) in [5, 5.41) is 19.7. The predicted octanol–water partition coefficient (Wildman–Crippen LogP) is 2.48. The summed E-state index contributed by atoms with van der Waals surface area (Å²) >= 11 is 0. The maximum atomic E-state index is 12.7. The highest BCUT2D eigenvalue weighted by atomic mass is 16.6. The molecule has 1 saturated heterocycles. The van der Waals surface area contributed by atoms with Gasteiger partial charge in [-0.05, 0) is 55.9 Å². The van der Waals surface area contributed by atoms with Gasteiger partial charge in [-0.15, -0.1) is 0 Å². The Balaban J connectivity index is 1.18. The predicted molar refractivity (Wildman–Crippen MR) is 98.3 cm³/mol. The molecule has 148 valence electrons. The second-order valence-corrected chi connectivity index (χ2v) is 9.01. The number of rotatable bonds is 3. The second-order valence-electron chi connectivity index (χ2n) is 9.01. The first-order valence-corrected chi connectivity index (χ1v) is 10.2. The number of hydrogen-bond donors (Lipinski definition) is 1. The van der Waals surface area contributed by atoms with Crippen LogP contribution < -0.4 is 4.74 Å². The molecule has 0 aromatic carbocycles. The van der Waals surface area contributed by atoms with Crippen LogP contribution in [0.1, 0.15) is 44.1 Å². The maximum Gasteiger partial charge on any atom is 0.410 e. The van der Waals surface area contributed by atoms with Gasteiger partial charge >= 0.3 is 6.09 Å². The molecule has 1 amide bonds. The van der Waals surface area contributed by atoms with E-state index in [4.69, 9.17) is 14.7 Å². The number of aromatic nitrogens is 1. The van der Waals surface area contributed by atoms with Crippen LogP contribution in [0.4, 0.5) is 4.79 Å². The van der Waals surface area contributed by atoms with Gasteiger partial charge in [-0.1, -0.05) is 0 Å². The van der Waals surface area contributed by atoms with Gasteiger partial charge in [0.1, 0.15) is 12.2 Å².